The van der Waals surface area contributed by atoms with E-state index in [9.17, 15) is 4.79 Å². The van der Waals surface area contributed by atoms with E-state index in [-0.39, 0.29) is 17.8 Å². The van der Waals surface area contributed by atoms with Gasteiger partial charge in [0.2, 0.25) is 11.9 Å². The van der Waals surface area contributed by atoms with Crippen LogP contribution in [0.25, 0.3) is 0 Å². The lowest BCUT2D eigenvalue weighted by molar-refractivity contribution is -0.116. The Morgan fingerprint density at radius 2 is 1.81 bits per heavy atom. The number of rotatable bonds is 8. The summed E-state index contributed by atoms with van der Waals surface area (Å²) in [6.07, 6.45) is 0.326. The molecule has 0 saturated carbocycles. The first-order valence-corrected chi connectivity index (χ1v) is 8.53. The van der Waals surface area contributed by atoms with E-state index in [4.69, 9.17) is 9.47 Å². The Morgan fingerprint density at radius 1 is 1.11 bits per heavy atom. The van der Waals surface area contributed by atoms with E-state index in [0.717, 1.165) is 22.6 Å². The lowest BCUT2D eigenvalue weighted by Crippen LogP contribution is -2.15. The molecule has 1 unspecified atom stereocenters. The zero-order valence-corrected chi connectivity index (χ0v) is 15.2. The van der Waals surface area contributed by atoms with Crippen LogP contribution in [0.5, 0.6) is 11.5 Å². The van der Waals surface area contributed by atoms with Gasteiger partial charge in [-0.3, -0.25) is 10.1 Å². The maximum absolute atomic E-state index is 12.0. The standard InChI is InChI=1S/C19H21N5O3/c1-13(11-18(25)20-19-21-23-24-22-19)15-5-9-17(10-6-15)27-12-14-3-7-16(26-2)8-4-14/h3-10,13H,11-12H2,1-2H3,(H2,20,21,22,23,24,25). The van der Waals surface area contributed by atoms with Crippen LogP contribution in [0.3, 0.4) is 0 Å². The number of H-pyrrole nitrogens is 1. The zero-order valence-electron chi connectivity index (χ0n) is 15.2. The summed E-state index contributed by atoms with van der Waals surface area (Å²) in [5, 5.41) is 15.6. The second kappa shape index (κ2) is 8.79. The minimum absolute atomic E-state index is 0.0523. The van der Waals surface area contributed by atoms with Crippen LogP contribution in [0.4, 0.5) is 5.95 Å². The summed E-state index contributed by atoms with van der Waals surface area (Å²) in [5.41, 5.74) is 2.12. The molecule has 2 N–H and O–H groups in total. The highest BCUT2D eigenvalue weighted by Crippen LogP contribution is 2.23. The number of ether oxygens (including phenoxy) is 2. The third-order valence-electron chi connectivity index (χ3n) is 4.11. The monoisotopic (exact) mass is 367 g/mol. The Bertz CT molecular complexity index is 848. The van der Waals surface area contributed by atoms with Crippen molar-refractivity contribution in [1.29, 1.82) is 0 Å². The van der Waals surface area contributed by atoms with Gasteiger partial charge in [-0.2, -0.15) is 0 Å². The fraction of sp³-hybridized carbons (Fsp3) is 0.263. The molecular weight excluding hydrogens is 346 g/mol. The normalized spacial score (nSPS) is 11.6. The van der Waals surface area contributed by atoms with Gasteiger partial charge in [-0.05, 0) is 51.7 Å². The third kappa shape index (κ3) is 5.27. The zero-order chi connectivity index (χ0) is 19.1. The number of hydrogen-bond donors (Lipinski definition) is 2. The lowest BCUT2D eigenvalue weighted by atomic mass is 9.97. The summed E-state index contributed by atoms with van der Waals surface area (Å²) in [5.74, 6) is 1.74. The summed E-state index contributed by atoms with van der Waals surface area (Å²) in [6, 6.07) is 15.5. The van der Waals surface area contributed by atoms with Gasteiger partial charge in [-0.1, -0.05) is 36.3 Å². The SMILES string of the molecule is COc1ccc(COc2ccc(C(C)CC(=O)Nc3nnn[nH]3)cc2)cc1. The molecule has 0 spiro atoms. The Morgan fingerprint density at radius 3 is 2.44 bits per heavy atom. The van der Waals surface area contributed by atoms with Crippen molar-refractivity contribution in [3.63, 3.8) is 0 Å². The summed E-state index contributed by atoms with van der Waals surface area (Å²) in [4.78, 5) is 12.0. The quantitative estimate of drug-likeness (QED) is 0.635. The highest BCUT2D eigenvalue weighted by atomic mass is 16.5. The van der Waals surface area contributed by atoms with Crippen molar-refractivity contribution in [3.05, 3.63) is 59.7 Å². The number of carbonyl (C=O) groups excluding carboxylic acids is 1. The van der Waals surface area contributed by atoms with Crippen LogP contribution in [0.2, 0.25) is 0 Å². The molecule has 27 heavy (non-hydrogen) atoms. The van der Waals surface area contributed by atoms with Crippen molar-refractivity contribution in [3.8, 4) is 11.5 Å². The van der Waals surface area contributed by atoms with Gasteiger partial charge >= 0.3 is 0 Å². The fourth-order valence-corrected chi connectivity index (χ4v) is 2.57. The average molecular weight is 367 g/mol. The molecule has 0 fully saturated rings. The number of methoxy groups -OCH3 is 1. The first-order chi connectivity index (χ1) is 13.1. The summed E-state index contributed by atoms with van der Waals surface area (Å²) >= 11 is 0. The van der Waals surface area contributed by atoms with E-state index >= 15 is 0 Å². The van der Waals surface area contributed by atoms with Crippen molar-refractivity contribution in [1.82, 2.24) is 20.6 Å². The molecule has 0 radical (unpaired) electrons. The molecule has 3 rings (SSSR count). The van der Waals surface area contributed by atoms with Gasteiger partial charge in [0.15, 0.2) is 0 Å². The van der Waals surface area contributed by atoms with Crippen LogP contribution in [0.1, 0.15) is 30.4 Å². The van der Waals surface area contributed by atoms with Gasteiger partial charge in [0.05, 0.1) is 7.11 Å². The molecule has 1 aromatic heterocycles. The number of nitrogens with one attached hydrogen (secondary N) is 2. The number of hydrogen-bond acceptors (Lipinski definition) is 6. The molecule has 0 bridgehead atoms. The van der Waals surface area contributed by atoms with E-state index < -0.39 is 0 Å². The van der Waals surface area contributed by atoms with Crippen molar-refractivity contribution in [2.24, 2.45) is 0 Å². The Kier molecular flexibility index (Phi) is 5.98. The molecule has 140 valence electrons. The minimum atomic E-state index is -0.152. The molecule has 1 heterocycles. The molecular formula is C19H21N5O3. The second-order valence-electron chi connectivity index (χ2n) is 6.11. The second-order valence-corrected chi connectivity index (χ2v) is 6.11. The molecule has 0 aliphatic carbocycles. The number of nitrogens with zero attached hydrogens (tertiary/aromatic N) is 3. The summed E-state index contributed by atoms with van der Waals surface area (Å²) in [7, 11) is 1.64. The van der Waals surface area contributed by atoms with E-state index in [1.54, 1.807) is 7.11 Å². The number of anilines is 1. The van der Waals surface area contributed by atoms with Crippen LogP contribution in [-0.4, -0.2) is 33.6 Å². The molecule has 2 aromatic carbocycles. The third-order valence-corrected chi connectivity index (χ3v) is 4.11. The maximum Gasteiger partial charge on any atom is 0.246 e. The van der Waals surface area contributed by atoms with Crippen LogP contribution >= 0.6 is 0 Å². The smallest absolute Gasteiger partial charge is 0.246 e. The number of carbonyl (C=O) groups is 1. The molecule has 1 atom stereocenters. The van der Waals surface area contributed by atoms with E-state index in [0.29, 0.717) is 13.0 Å². The number of amides is 1. The lowest BCUT2D eigenvalue weighted by Gasteiger charge is -2.12. The predicted octanol–water partition coefficient (Wildman–Crippen LogP) is 2.92. The van der Waals surface area contributed by atoms with Gasteiger partial charge in [-0.25, -0.2) is 5.10 Å². The Hall–Kier alpha value is -3.42. The molecule has 1 amide bonds. The number of benzene rings is 2. The van der Waals surface area contributed by atoms with Crippen LogP contribution < -0.4 is 14.8 Å². The molecule has 0 aliphatic heterocycles. The highest BCUT2D eigenvalue weighted by molar-refractivity contribution is 5.89. The molecule has 8 heteroatoms. The maximum atomic E-state index is 12.0. The highest BCUT2D eigenvalue weighted by Gasteiger charge is 2.13. The van der Waals surface area contributed by atoms with Crippen molar-refractivity contribution in [2.45, 2.75) is 25.9 Å². The van der Waals surface area contributed by atoms with Gasteiger partial charge < -0.3 is 9.47 Å². The fourth-order valence-electron chi connectivity index (χ4n) is 2.57. The van der Waals surface area contributed by atoms with Gasteiger partial charge in [0.1, 0.15) is 18.1 Å². The van der Waals surface area contributed by atoms with E-state index in [2.05, 4.69) is 25.9 Å². The van der Waals surface area contributed by atoms with Crippen LogP contribution in [-0.2, 0) is 11.4 Å². The van der Waals surface area contributed by atoms with Crippen molar-refractivity contribution in [2.75, 3.05) is 12.4 Å². The predicted molar refractivity (Wildman–Crippen MR) is 99.6 cm³/mol. The molecule has 3 aromatic rings. The largest absolute Gasteiger partial charge is 0.497 e. The molecule has 0 aliphatic rings. The Balaban J connectivity index is 1.50. The van der Waals surface area contributed by atoms with Crippen LogP contribution in [0, 0.1) is 0 Å². The average Bonchev–Trinajstić information content (AvgIpc) is 3.20. The summed E-state index contributed by atoms with van der Waals surface area (Å²) in [6.45, 7) is 2.47. The van der Waals surface area contributed by atoms with Crippen molar-refractivity contribution >= 4 is 11.9 Å². The first-order valence-electron chi connectivity index (χ1n) is 8.53. The molecule has 0 saturated heterocycles. The van der Waals surface area contributed by atoms with E-state index in [1.165, 1.54) is 0 Å². The minimum Gasteiger partial charge on any atom is -0.497 e. The first kappa shape index (κ1) is 18.4. The number of aromatic nitrogens is 4. The number of tetrazole rings is 1. The number of aromatic amines is 1. The van der Waals surface area contributed by atoms with Gasteiger partial charge in [0, 0.05) is 6.42 Å². The van der Waals surface area contributed by atoms with Gasteiger partial charge in [-0.15, -0.1) is 0 Å². The van der Waals surface area contributed by atoms with Gasteiger partial charge in [0.25, 0.3) is 0 Å². The van der Waals surface area contributed by atoms with E-state index in [1.807, 2.05) is 55.5 Å². The molecule has 8 nitrogen and oxygen atoms in total. The Labute approximate surface area is 156 Å². The summed E-state index contributed by atoms with van der Waals surface area (Å²) < 4.78 is 10.9. The van der Waals surface area contributed by atoms with Crippen LogP contribution in [0.15, 0.2) is 48.5 Å². The van der Waals surface area contributed by atoms with Crippen molar-refractivity contribution < 1.29 is 14.3 Å². The topological polar surface area (TPSA) is 102 Å².